The zero-order chi connectivity index (χ0) is 17.5. The first-order chi connectivity index (χ1) is 12.8. The van der Waals surface area contributed by atoms with Crippen LogP contribution in [-0.2, 0) is 6.54 Å². The molecule has 0 saturated heterocycles. The number of nitriles is 1. The van der Waals surface area contributed by atoms with Crippen molar-refractivity contribution in [2.75, 3.05) is 5.43 Å². The molecule has 5 heterocycles. The van der Waals surface area contributed by atoms with E-state index in [-0.39, 0.29) is 6.54 Å². The van der Waals surface area contributed by atoms with Crippen molar-refractivity contribution in [3.63, 3.8) is 0 Å². The number of anilines is 1. The molecule has 0 bridgehead atoms. The summed E-state index contributed by atoms with van der Waals surface area (Å²) >= 11 is 0. The van der Waals surface area contributed by atoms with Crippen LogP contribution in [0.15, 0.2) is 49.3 Å². The van der Waals surface area contributed by atoms with Gasteiger partial charge in [-0.15, -0.1) is 4.68 Å². The van der Waals surface area contributed by atoms with Crippen LogP contribution < -0.4 is 5.43 Å². The summed E-state index contributed by atoms with van der Waals surface area (Å²) in [5, 5.41) is 12.9. The standard InChI is InChI=1S/C17H12N9/c18-3-5-25-11-13(7-21-25)14-8-20-16-17(22-14)26(23-16)10-12-1-2-15-19-4-6-24(15)9-12/h1-2,4,6-11H,5H2,(H,20,23)/q+1. The normalized spacial score (nSPS) is 13.9. The zero-order valence-corrected chi connectivity index (χ0v) is 13.5. The summed E-state index contributed by atoms with van der Waals surface area (Å²) < 4.78 is 5.35. The Kier molecular flexibility index (Phi) is 3.02. The highest BCUT2D eigenvalue weighted by atomic mass is 15.5. The first-order valence-electron chi connectivity index (χ1n) is 7.90. The van der Waals surface area contributed by atoms with Crippen LogP contribution in [-0.4, -0.2) is 40.0 Å². The van der Waals surface area contributed by atoms with E-state index in [1.54, 1.807) is 29.5 Å². The van der Waals surface area contributed by atoms with Crippen LogP contribution in [0.2, 0.25) is 0 Å². The average molecular weight is 342 g/mol. The van der Waals surface area contributed by atoms with Crippen molar-refractivity contribution in [2.24, 2.45) is 0 Å². The summed E-state index contributed by atoms with van der Waals surface area (Å²) in [7, 11) is 0. The molecule has 1 aliphatic heterocycles. The fourth-order valence-electron chi connectivity index (χ4n) is 2.79. The molecule has 0 atom stereocenters. The number of hydrogen-bond acceptors (Lipinski definition) is 6. The first kappa shape index (κ1) is 14.3. The molecule has 9 heteroatoms. The minimum Gasteiger partial charge on any atom is -0.306 e. The number of nitrogens with one attached hydrogen (secondary N) is 1. The Morgan fingerprint density at radius 2 is 2.19 bits per heavy atom. The Morgan fingerprint density at radius 3 is 3.12 bits per heavy atom. The van der Waals surface area contributed by atoms with E-state index in [2.05, 4.69) is 31.5 Å². The van der Waals surface area contributed by atoms with Crippen molar-refractivity contribution in [1.82, 2.24) is 29.1 Å². The van der Waals surface area contributed by atoms with Gasteiger partial charge in [-0.25, -0.2) is 9.97 Å². The Labute approximate surface area is 147 Å². The summed E-state index contributed by atoms with van der Waals surface area (Å²) in [6, 6.07) is 6.01. The van der Waals surface area contributed by atoms with E-state index in [0.717, 1.165) is 28.4 Å². The monoisotopic (exact) mass is 342 g/mol. The van der Waals surface area contributed by atoms with Gasteiger partial charge < -0.3 is 4.40 Å². The van der Waals surface area contributed by atoms with Crippen molar-refractivity contribution in [3.05, 3.63) is 54.9 Å². The molecule has 0 fully saturated rings. The van der Waals surface area contributed by atoms with Gasteiger partial charge in [-0.2, -0.15) is 15.8 Å². The first-order valence-corrected chi connectivity index (χ1v) is 7.90. The van der Waals surface area contributed by atoms with Crippen LogP contribution in [0.25, 0.3) is 16.9 Å². The summed E-state index contributed by atoms with van der Waals surface area (Å²) in [6.07, 6.45) is 12.8. The second-order valence-corrected chi connectivity index (χ2v) is 5.78. The number of aromatic nitrogens is 6. The summed E-state index contributed by atoms with van der Waals surface area (Å²) in [6.45, 7) is 0.205. The topological polar surface area (TPSA) is 99.7 Å². The van der Waals surface area contributed by atoms with Crippen LogP contribution in [0.4, 0.5) is 11.6 Å². The van der Waals surface area contributed by atoms with E-state index in [4.69, 9.17) is 5.26 Å². The Hall–Kier alpha value is -4.06. The fourth-order valence-corrected chi connectivity index (χ4v) is 2.79. The van der Waals surface area contributed by atoms with Crippen molar-refractivity contribution in [3.8, 4) is 17.3 Å². The Morgan fingerprint density at radius 1 is 1.23 bits per heavy atom. The molecule has 1 aliphatic rings. The summed E-state index contributed by atoms with van der Waals surface area (Å²) in [5.74, 6) is 1.46. The highest BCUT2D eigenvalue weighted by Gasteiger charge is 2.32. The molecule has 0 aliphatic carbocycles. The molecule has 0 saturated carbocycles. The molecule has 4 aromatic heterocycles. The van der Waals surface area contributed by atoms with E-state index >= 15 is 0 Å². The average Bonchev–Trinajstić information content (AvgIpc) is 3.29. The number of hydrogen-bond donors (Lipinski definition) is 1. The van der Waals surface area contributed by atoms with Crippen molar-refractivity contribution in [2.45, 2.75) is 6.54 Å². The molecule has 1 N–H and O–H groups in total. The fraction of sp³-hybridized carbons (Fsp3) is 0.0588. The highest BCUT2D eigenvalue weighted by molar-refractivity contribution is 5.79. The Bertz CT molecular complexity index is 1210. The second kappa shape index (κ2) is 5.49. The van der Waals surface area contributed by atoms with Crippen LogP contribution in [0.3, 0.4) is 0 Å². The van der Waals surface area contributed by atoms with Gasteiger partial charge in [0.05, 0.1) is 24.0 Å². The lowest BCUT2D eigenvalue weighted by atomic mass is 10.2. The van der Waals surface area contributed by atoms with Crippen molar-refractivity contribution < 1.29 is 4.68 Å². The summed E-state index contributed by atoms with van der Waals surface area (Å²) in [4.78, 5) is 13.3. The molecule has 0 radical (unpaired) electrons. The quantitative estimate of drug-likeness (QED) is 0.568. The third kappa shape index (κ3) is 2.29. The predicted octanol–water partition coefficient (Wildman–Crippen LogP) is 1.61. The number of fused-ring (bicyclic) bond motifs is 2. The van der Waals surface area contributed by atoms with Crippen molar-refractivity contribution >= 4 is 23.5 Å². The number of nitrogens with zero attached hydrogens (tertiary/aromatic N) is 8. The number of hydrazine groups is 1. The SMILES string of the molecule is N#CCn1cc(-c2cnc3c(n2)[N+](=Cc2ccc4nccn4c2)N3)cn1. The molecule has 0 aromatic carbocycles. The van der Waals surface area contributed by atoms with Crippen molar-refractivity contribution in [1.29, 1.82) is 5.26 Å². The molecular formula is C17H12N9+. The maximum Gasteiger partial charge on any atom is 0.393 e. The van der Waals surface area contributed by atoms with E-state index < -0.39 is 0 Å². The number of imidazole rings is 1. The molecular weight excluding hydrogens is 330 g/mol. The van der Waals surface area contributed by atoms with E-state index in [1.165, 1.54) is 0 Å². The molecule has 5 rings (SSSR count). The van der Waals surface area contributed by atoms with Gasteiger partial charge in [-0.1, -0.05) is 0 Å². The maximum absolute atomic E-state index is 8.75. The van der Waals surface area contributed by atoms with Gasteiger partial charge in [0, 0.05) is 30.4 Å². The lowest BCUT2D eigenvalue weighted by Gasteiger charge is -2.16. The molecule has 0 unspecified atom stereocenters. The third-order valence-corrected chi connectivity index (χ3v) is 4.06. The van der Waals surface area contributed by atoms with Gasteiger partial charge in [0.25, 0.3) is 5.82 Å². The van der Waals surface area contributed by atoms with Gasteiger partial charge in [-0.05, 0) is 17.1 Å². The van der Waals surface area contributed by atoms with Crippen LogP contribution in [0.1, 0.15) is 5.56 Å². The van der Waals surface area contributed by atoms with Crippen LogP contribution in [0, 0.1) is 11.3 Å². The lowest BCUT2D eigenvalue weighted by Crippen LogP contribution is -2.28. The van der Waals surface area contributed by atoms with E-state index in [0.29, 0.717) is 5.69 Å². The maximum atomic E-state index is 8.75. The minimum atomic E-state index is 0.205. The molecule has 0 amide bonds. The largest absolute Gasteiger partial charge is 0.393 e. The molecule has 0 spiro atoms. The predicted molar refractivity (Wildman–Crippen MR) is 92.8 cm³/mol. The molecule has 26 heavy (non-hydrogen) atoms. The molecule has 4 aromatic rings. The second-order valence-electron chi connectivity index (χ2n) is 5.78. The zero-order valence-electron chi connectivity index (χ0n) is 13.5. The molecule has 124 valence electrons. The van der Waals surface area contributed by atoms with E-state index in [9.17, 15) is 0 Å². The van der Waals surface area contributed by atoms with Crippen LogP contribution >= 0.6 is 0 Å². The number of pyridine rings is 1. The van der Waals surface area contributed by atoms with Gasteiger partial charge in [-0.3, -0.25) is 4.68 Å². The van der Waals surface area contributed by atoms with Crippen LogP contribution in [0.5, 0.6) is 0 Å². The minimum absolute atomic E-state index is 0.205. The lowest BCUT2D eigenvalue weighted by molar-refractivity contribution is -0.427. The smallest absolute Gasteiger partial charge is 0.306 e. The molecule has 9 nitrogen and oxygen atoms in total. The number of hydrazone groups is 1. The van der Waals surface area contributed by atoms with Gasteiger partial charge in [0.2, 0.25) is 5.69 Å². The van der Waals surface area contributed by atoms with Gasteiger partial charge >= 0.3 is 5.82 Å². The highest BCUT2D eigenvalue weighted by Crippen LogP contribution is 2.31. The number of rotatable bonds is 3. The van der Waals surface area contributed by atoms with E-state index in [1.807, 2.05) is 39.8 Å². The Balaban J connectivity index is 1.48. The third-order valence-electron chi connectivity index (χ3n) is 4.06. The summed E-state index contributed by atoms with van der Waals surface area (Å²) in [5.41, 5.74) is 6.56. The van der Waals surface area contributed by atoms with Gasteiger partial charge in [0.15, 0.2) is 0 Å². The van der Waals surface area contributed by atoms with Gasteiger partial charge in [0.1, 0.15) is 18.4 Å².